The average Bonchev–Trinajstić information content (AvgIpc) is 3.27. The Kier molecular flexibility index (Phi) is 5.75. The standard InChI is InChI=1S/C24H16F3N5O3/c25-14-1-3-18(19(5-14)22(33)20-6-16(27)9-29-23(20)34)13-7-30-24-31-17(11-32(24)10-13)12-35-21-4-2-15(26)8-28-21/h1-11,22,33H,12H2,(H,29,34). The van der Waals surface area contributed by atoms with E-state index in [-0.39, 0.29) is 23.6 Å². The van der Waals surface area contributed by atoms with Gasteiger partial charge in [0, 0.05) is 36.4 Å². The molecule has 0 bridgehead atoms. The lowest BCUT2D eigenvalue weighted by atomic mass is 9.94. The first-order valence-electron chi connectivity index (χ1n) is 10.3. The molecule has 1 aromatic carbocycles. The maximum atomic E-state index is 14.1. The fourth-order valence-electron chi connectivity index (χ4n) is 3.61. The summed E-state index contributed by atoms with van der Waals surface area (Å²) in [6.07, 6.45) is 5.12. The maximum Gasteiger partial charge on any atom is 0.254 e. The largest absolute Gasteiger partial charge is 0.471 e. The molecule has 8 nitrogen and oxygen atoms in total. The average molecular weight is 479 g/mol. The summed E-state index contributed by atoms with van der Waals surface area (Å²) in [6, 6.07) is 7.24. The highest BCUT2D eigenvalue weighted by Gasteiger charge is 2.21. The van der Waals surface area contributed by atoms with Crippen LogP contribution < -0.4 is 10.3 Å². The minimum Gasteiger partial charge on any atom is -0.471 e. The van der Waals surface area contributed by atoms with Crippen LogP contribution in [0.2, 0.25) is 0 Å². The third-order valence-electron chi connectivity index (χ3n) is 5.24. The van der Waals surface area contributed by atoms with Crippen molar-refractivity contribution < 1.29 is 23.0 Å². The molecule has 2 N–H and O–H groups in total. The fraction of sp³-hybridized carbons (Fsp3) is 0.0833. The molecule has 0 saturated heterocycles. The number of ether oxygens (including phenoxy) is 1. The van der Waals surface area contributed by atoms with Gasteiger partial charge in [0.25, 0.3) is 5.56 Å². The maximum absolute atomic E-state index is 14.1. The van der Waals surface area contributed by atoms with Crippen LogP contribution in [0.3, 0.4) is 0 Å². The van der Waals surface area contributed by atoms with Crippen molar-refractivity contribution in [2.75, 3.05) is 0 Å². The van der Waals surface area contributed by atoms with Gasteiger partial charge in [-0.2, -0.15) is 0 Å². The summed E-state index contributed by atoms with van der Waals surface area (Å²) in [4.78, 5) is 26.8. The van der Waals surface area contributed by atoms with E-state index < -0.39 is 29.1 Å². The van der Waals surface area contributed by atoms with E-state index in [4.69, 9.17) is 4.74 Å². The number of aromatic nitrogens is 5. The minimum atomic E-state index is -1.59. The summed E-state index contributed by atoms with van der Waals surface area (Å²) in [5, 5.41) is 10.8. The predicted octanol–water partition coefficient (Wildman–Crippen LogP) is 3.56. The number of aliphatic hydroxyl groups is 1. The quantitative estimate of drug-likeness (QED) is 0.386. The number of aromatic amines is 1. The van der Waals surface area contributed by atoms with Crippen LogP contribution in [0.5, 0.6) is 5.88 Å². The topological polar surface area (TPSA) is 105 Å². The summed E-state index contributed by atoms with van der Waals surface area (Å²) < 4.78 is 47.9. The van der Waals surface area contributed by atoms with E-state index in [0.717, 1.165) is 24.5 Å². The number of nitrogens with zero attached hydrogens (tertiary/aromatic N) is 4. The lowest BCUT2D eigenvalue weighted by Crippen LogP contribution is -2.17. The predicted molar refractivity (Wildman–Crippen MR) is 118 cm³/mol. The molecule has 4 aromatic heterocycles. The number of hydrogen-bond donors (Lipinski definition) is 2. The van der Waals surface area contributed by atoms with Crippen LogP contribution in [0, 0.1) is 17.5 Å². The van der Waals surface area contributed by atoms with Crippen molar-refractivity contribution in [3.05, 3.63) is 112 Å². The second-order valence-corrected chi connectivity index (χ2v) is 7.62. The number of imidazole rings is 1. The second-order valence-electron chi connectivity index (χ2n) is 7.62. The summed E-state index contributed by atoms with van der Waals surface area (Å²) in [7, 11) is 0. The van der Waals surface area contributed by atoms with Crippen molar-refractivity contribution in [1.29, 1.82) is 0 Å². The Morgan fingerprint density at radius 2 is 1.77 bits per heavy atom. The molecule has 0 aliphatic rings. The van der Waals surface area contributed by atoms with Crippen molar-refractivity contribution in [3.8, 4) is 17.0 Å². The number of aliphatic hydroxyl groups excluding tert-OH is 1. The third-order valence-corrected chi connectivity index (χ3v) is 5.24. The number of nitrogens with one attached hydrogen (secondary N) is 1. The molecule has 0 fully saturated rings. The molecule has 5 aromatic rings. The van der Waals surface area contributed by atoms with E-state index in [1.54, 1.807) is 16.8 Å². The highest BCUT2D eigenvalue weighted by atomic mass is 19.1. The van der Waals surface area contributed by atoms with E-state index in [9.17, 15) is 23.1 Å². The van der Waals surface area contributed by atoms with E-state index in [2.05, 4.69) is 19.9 Å². The Morgan fingerprint density at radius 1 is 0.971 bits per heavy atom. The molecule has 0 aliphatic heterocycles. The SMILES string of the molecule is O=c1[nH]cc(F)cc1C(O)c1cc(F)ccc1-c1cnc2nc(COc3ccc(F)cn3)cn2c1. The van der Waals surface area contributed by atoms with Gasteiger partial charge in [0.1, 0.15) is 30.2 Å². The van der Waals surface area contributed by atoms with Gasteiger partial charge in [0.05, 0.1) is 17.5 Å². The van der Waals surface area contributed by atoms with E-state index in [1.165, 1.54) is 30.5 Å². The second kappa shape index (κ2) is 9.03. The van der Waals surface area contributed by atoms with Crippen LogP contribution in [0.25, 0.3) is 16.9 Å². The minimum absolute atomic E-state index is 0.0557. The lowest BCUT2D eigenvalue weighted by molar-refractivity contribution is 0.218. The number of halogens is 3. The zero-order valence-electron chi connectivity index (χ0n) is 17.8. The molecule has 1 unspecified atom stereocenters. The van der Waals surface area contributed by atoms with Gasteiger partial charge in [0.2, 0.25) is 11.7 Å². The van der Waals surface area contributed by atoms with Crippen LogP contribution >= 0.6 is 0 Å². The van der Waals surface area contributed by atoms with Crippen molar-refractivity contribution in [1.82, 2.24) is 24.3 Å². The Hall–Kier alpha value is -4.51. The number of hydrogen-bond acceptors (Lipinski definition) is 6. The molecule has 0 amide bonds. The van der Waals surface area contributed by atoms with Gasteiger partial charge >= 0.3 is 0 Å². The highest BCUT2D eigenvalue weighted by Crippen LogP contribution is 2.31. The lowest BCUT2D eigenvalue weighted by Gasteiger charge is -2.16. The Morgan fingerprint density at radius 3 is 2.57 bits per heavy atom. The third kappa shape index (κ3) is 4.62. The van der Waals surface area contributed by atoms with Crippen molar-refractivity contribution >= 4 is 5.78 Å². The zero-order valence-corrected chi connectivity index (χ0v) is 17.8. The first kappa shape index (κ1) is 22.3. The highest BCUT2D eigenvalue weighted by molar-refractivity contribution is 5.68. The molecule has 11 heteroatoms. The van der Waals surface area contributed by atoms with Crippen molar-refractivity contribution in [2.24, 2.45) is 0 Å². The summed E-state index contributed by atoms with van der Waals surface area (Å²) >= 11 is 0. The van der Waals surface area contributed by atoms with Crippen LogP contribution in [0.15, 0.2) is 72.2 Å². The van der Waals surface area contributed by atoms with Gasteiger partial charge in [-0.3, -0.25) is 9.20 Å². The van der Waals surface area contributed by atoms with Crippen LogP contribution in [-0.4, -0.2) is 29.4 Å². The molecule has 5 rings (SSSR count). The monoisotopic (exact) mass is 479 g/mol. The molecule has 1 atom stereocenters. The summed E-state index contributed by atoms with van der Waals surface area (Å²) in [6.45, 7) is 0.0557. The van der Waals surface area contributed by atoms with Crippen molar-refractivity contribution in [3.63, 3.8) is 0 Å². The Labute approximate surface area is 195 Å². The van der Waals surface area contributed by atoms with Gasteiger partial charge in [0.15, 0.2) is 0 Å². The van der Waals surface area contributed by atoms with Gasteiger partial charge < -0.3 is 14.8 Å². The zero-order chi connectivity index (χ0) is 24.5. The van der Waals surface area contributed by atoms with Crippen LogP contribution in [0.1, 0.15) is 22.9 Å². The van der Waals surface area contributed by atoms with Crippen LogP contribution in [-0.2, 0) is 6.61 Å². The molecule has 0 aliphatic carbocycles. The number of H-pyrrole nitrogens is 1. The first-order chi connectivity index (χ1) is 16.9. The summed E-state index contributed by atoms with van der Waals surface area (Å²) in [5.41, 5.74) is 0.503. The molecule has 0 saturated carbocycles. The molecule has 176 valence electrons. The smallest absolute Gasteiger partial charge is 0.254 e. The molecular formula is C24H16F3N5O3. The molecule has 35 heavy (non-hydrogen) atoms. The number of rotatable bonds is 6. The number of benzene rings is 1. The normalized spacial score (nSPS) is 12.1. The van der Waals surface area contributed by atoms with Gasteiger partial charge in [-0.15, -0.1) is 0 Å². The van der Waals surface area contributed by atoms with Gasteiger partial charge in [-0.1, -0.05) is 6.07 Å². The van der Waals surface area contributed by atoms with Gasteiger partial charge in [-0.05, 0) is 35.4 Å². The fourth-order valence-corrected chi connectivity index (χ4v) is 3.61. The van der Waals surface area contributed by atoms with E-state index in [1.807, 2.05) is 0 Å². The Bertz CT molecular complexity index is 1580. The summed E-state index contributed by atoms with van der Waals surface area (Å²) in [5.74, 6) is -1.28. The van der Waals surface area contributed by atoms with Gasteiger partial charge in [-0.25, -0.2) is 28.1 Å². The molecular weight excluding hydrogens is 463 g/mol. The van der Waals surface area contributed by atoms with E-state index >= 15 is 0 Å². The van der Waals surface area contributed by atoms with E-state index in [0.29, 0.717) is 22.6 Å². The number of fused-ring (bicyclic) bond motifs is 1. The molecule has 4 heterocycles. The Balaban J connectivity index is 1.47. The first-order valence-corrected chi connectivity index (χ1v) is 10.3. The molecule has 0 radical (unpaired) electrons. The van der Waals surface area contributed by atoms with Crippen molar-refractivity contribution in [2.45, 2.75) is 12.7 Å². The number of pyridine rings is 2. The molecule has 0 spiro atoms. The van der Waals surface area contributed by atoms with Crippen LogP contribution in [0.4, 0.5) is 13.2 Å².